The molecule has 4 saturated carbocycles. The van der Waals surface area contributed by atoms with Crippen LogP contribution < -0.4 is 25.6 Å². The Morgan fingerprint density at radius 1 is 1.18 bits per heavy atom. The van der Waals surface area contributed by atoms with Gasteiger partial charge >= 0.3 is 0 Å². The predicted octanol–water partition coefficient (Wildman–Crippen LogP) is 2.98. The zero-order chi connectivity index (χ0) is 27.3. The number of benzene rings is 1. The summed E-state index contributed by atoms with van der Waals surface area (Å²) in [6.07, 6.45) is 4.74. The van der Waals surface area contributed by atoms with Crippen LogP contribution in [0.1, 0.15) is 49.5 Å². The van der Waals surface area contributed by atoms with Crippen LogP contribution in [-0.2, 0) is 4.79 Å². The highest BCUT2D eigenvalue weighted by Gasteiger charge is 2.55. The molecule has 0 radical (unpaired) electrons. The van der Waals surface area contributed by atoms with Gasteiger partial charge in [-0.3, -0.25) is 9.59 Å². The maximum absolute atomic E-state index is 13.3. The minimum atomic E-state index is -0.553. The van der Waals surface area contributed by atoms with Crippen molar-refractivity contribution in [3.63, 3.8) is 0 Å². The molecule has 1 saturated heterocycles. The fraction of sp³-hybridized carbons (Fsp3) is 0.552. The number of hydrogen-bond donors (Lipinski definition) is 3. The Morgan fingerprint density at radius 3 is 2.62 bits per heavy atom. The Bertz CT molecular complexity index is 1260. The van der Waals surface area contributed by atoms with Crippen molar-refractivity contribution in [3.8, 4) is 5.75 Å². The third-order valence-electron chi connectivity index (χ3n) is 9.08. The summed E-state index contributed by atoms with van der Waals surface area (Å²) < 4.78 is 5.36. The molecule has 10 heteroatoms. The summed E-state index contributed by atoms with van der Waals surface area (Å²) in [6, 6.07) is 11.5. The first kappa shape index (κ1) is 26.2. The Kier molecular flexibility index (Phi) is 6.83. The number of pyridine rings is 1. The summed E-state index contributed by atoms with van der Waals surface area (Å²) >= 11 is 6.38. The van der Waals surface area contributed by atoms with Crippen LogP contribution in [0.4, 0.5) is 11.5 Å². The number of nitrogens with zero attached hydrogens (tertiary/aromatic N) is 3. The first-order valence-electron chi connectivity index (χ1n) is 13.9. The van der Waals surface area contributed by atoms with Crippen molar-refractivity contribution in [1.82, 2.24) is 10.3 Å². The van der Waals surface area contributed by atoms with Gasteiger partial charge in [-0.2, -0.15) is 0 Å². The van der Waals surface area contributed by atoms with E-state index in [4.69, 9.17) is 27.1 Å². The molecule has 7 rings (SSSR count). The number of piperazine rings is 1. The predicted molar refractivity (Wildman–Crippen MR) is 149 cm³/mol. The second-order valence-corrected chi connectivity index (χ2v) is 12.3. The molecule has 0 spiro atoms. The molecule has 9 nitrogen and oxygen atoms in total. The number of nitrogens with two attached hydrogens (primary N) is 1. The van der Waals surface area contributed by atoms with Crippen LogP contribution in [0.15, 0.2) is 36.4 Å². The first-order chi connectivity index (χ1) is 18.7. The number of nitrogens with one attached hydrogen (secondary N) is 1. The van der Waals surface area contributed by atoms with Crippen molar-refractivity contribution < 1.29 is 19.4 Å². The molecule has 5 fully saturated rings. The van der Waals surface area contributed by atoms with Crippen LogP contribution in [-0.4, -0.2) is 65.8 Å². The van der Waals surface area contributed by atoms with Gasteiger partial charge in [-0.25, -0.2) is 4.98 Å². The van der Waals surface area contributed by atoms with Gasteiger partial charge < -0.3 is 30.7 Å². The third kappa shape index (κ3) is 5.26. The lowest BCUT2D eigenvalue weighted by molar-refractivity contribution is -0.137. The standard InChI is InChI=1S/C29H36ClN5O4/c1-17-15-34(21-5-6-24(22(30)11-21)39-16-25(31)36)7-8-35(17)26-4-2-3-23(32-26)28(37)33-27-19-9-18-10-20(27)14-29(38,12-18)13-19/h2-6,11,17-20,27,38H,7-10,12-16H2,1H3,(H2,31,36)(H,33,37)/t17-,18?,19?,20?,27?,29?/m1/s1. The van der Waals surface area contributed by atoms with E-state index in [2.05, 4.69) is 22.0 Å². The quantitative estimate of drug-likeness (QED) is 0.482. The van der Waals surface area contributed by atoms with Crippen LogP contribution in [0.5, 0.6) is 5.75 Å². The molecule has 2 amide bonds. The zero-order valence-corrected chi connectivity index (χ0v) is 22.9. The monoisotopic (exact) mass is 553 g/mol. The fourth-order valence-electron chi connectivity index (χ4n) is 7.64. The van der Waals surface area contributed by atoms with Gasteiger partial charge in [0.2, 0.25) is 0 Å². The molecular formula is C29H36ClN5O4. The summed E-state index contributed by atoms with van der Waals surface area (Å²) in [5.74, 6) is 1.87. The summed E-state index contributed by atoms with van der Waals surface area (Å²) in [4.78, 5) is 33.6. The largest absolute Gasteiger partial charge is 0.482 e. The van der Waals surface area contributed by atoms with E-state index in [1.807, 2.05) is 24.3 Å². The highest BCUT2D eigenvalue weighted by atomic mass is 35.5. The van der Waals surface area contributed by atoms with Crippen LogP contribution in [0.25, 0.3) is 0 Å². The summed E-state index contributed by atoms with van der Waals surface area (Å²) in [7, 11) is 0. The molecule has 4 N–H and O–H groups in total. The lowest BCUT2D eigenvalue weighted by Gasteiger charge is -2.58. The number of primary amides is 1. The molecule has 3 atom stereocenters. The number of rotatable bonds is 7. The molecule has 39 heavy (non-hydrogen) atoms. The van der Waals surface area contributed by atoms with Gasteiger partial charge in [-0.05, 0) is 87.1 Å². The number of aliphatic hydroxyl groups is 1. The first-order valence-corrected chi connectivity index (χ1v) is 14.3. The van der Waals surface area contributed by atoms with Crippen molar-refractivity contribution in [2.75, 3.05) is 36.0 Å². The Labute approximate surface area is 233 Å². The van der Waals surface area contributed by atoms with Gasteiger partial charge in [-0.15, -0.1) is 0 Å². The average Bonchev–Trinajstić information content (AvgIpc) is 2.89. The lowest BCUT2D eigenvalue weighted by atomic mass is 9.52. The molecular weight excluding hydrogens is 518 g/mol. The SMILES string of the molecule is C[C@@H]1CN(c2ccc(OCC(N)=O)c(Cl)c2)CCN1c1cccc(C(=O)NC2C3CC4CC2CC(O)(C4)C3)n1. The topological polar surface area (TPSA) is 121 Å². The zero-order valence-electron chi connectivity index (χ0n) is 22.2. The third-order valence-corrected chi connectivity index (χ3v) is 9.37. The van der Waals surface area contributed by atoms with Crippen LogP contribution in [0, 0.1) is 17.8 Å². The molecule has 1 aromatic carbocycles. The average molecular weight is 554 g/mol. The molecule has 1 aromatic heterocycles. The summed E-state index contributed by atoms with van der Waals surface area (Å²) in [5, 5.41) is 14.6. The summed E-state index contributed by atoms with van der Waals surface area (Å²) in [6.45, 7) is 4.18. The van der Waals surface area contributed by atoms with Gasteiger partial charge in [0.1, 0.15) is 17.3 Å². The Balaban J connectivity index is 1.09. The molecule has 2 unspecified atom stereocenters. The number of ether oxygens (including phenoxy) is 1. The van der Waals surface area contributed by atoms with Gasteiger partial charge in [0, 0.05) is 37.4 Å². The lowest BCUT2D eigenvalue weighted by Crippen LogP contribution is -2.61. The Morgan fingerprint density at radius 2 is 1.95 bits per heavy atom. The second-order valence-electron chi connectivity index (χ2n) is 11.9. The number of amides is 2. The number of carbonyl (C=O) groups excluding carboxylic acids is 2. The van der Waals surface area contributed by atoms with E-state index in [0.29, 0.717) is 34.2 Å². The summed E-state index contributed by atoms with van der Waals surface area (Å²) in [5.41, 5.74) is 6.05. The Hall–Kier alpha value is -3.04. The number of anilines is 2. The van der Waals surface area contributed by atoms with Gasteiger partial charge in [0.25, 0.3) is 11.8 Å². The van der Waals surface area contributed by atoms with Gasteiger partial charge in [0.05, 0.1) is 10.6 Å². The molecule has 208 valence electrons. The van der Waals surface area contributed by atoms with Crippen LogP contribution in [0.2, 0.25) is 5.02 Å². The highest BCUT2D eigenvalue weighted by molar-refractivity contribution is 6.32. The van der Waals surface area contributed by atoms with E-state index in [1.54, 1.807) is 12.1 Å². The van der Waals surface area contributed by atoms with Crippen molar-refractivity contribution in [2.45, 2.75) is 56.7 Å². The van der Waals surface area contributed by atoms with Crippen molar-refractivity contribution >= 4 is 34.9 Å². The number of hydrogen-bond acceptors (Lipinski definition) is 7. The van der Waals surface area contributed by atoms with Crippen molar-refractivity contribution in [2.24, 2.45) is 23.5 Å². The maximum Gasteiger partial charge on any atom is 0.270 e. The van der Waals surface area contributed by atoms with E-state index >= 15 is 0 Å². The van der Waals surface area contributed by atoms with Crippen LogP contribution >= 0.6 is 11.6 Å². The maximum atomic E-state index is 13.3. The number of aromatic nitrogens is 1. The normalized spacial score (nSPS) is 31.3. The van der Waals surface area contributed by atoms with Crippen molar-refractivity contribution in [3.05, 3.63) is 47.1 Å². The van der Waals surface area contributed by atoms with E-state index in [0.717, 1.165) is 63.2 Å². The van der Waals surface area contributed by atoms with E-state index in [-0.39, 0.29) is 24.6 Å². The molecule has 2 aromatic rings. The number of carbonyl (C=O) groups is 2. The van der Waals surface area contributed by atoms with Gasteiger partial charge in [-0.1, -0.05) is 17.7 Å². The second kappa shape index (κ2) is 10.2. The minimum Gasteiger partial charge on any atom is -0.482 e. The molecule has 4 bridgehead atoms. The minimum absolute atomic E-state index is 0.124. The van der Waals surface area contributed by atoms with Crippen LogP contribution in [0.3, 0.4) is 0 Å². The van der Waals surface area contributed by atoms with E-state index < -0.39 is 11.5 Å². The molecule has 5 aliphatic rings. The van der Waals surface area contributed by atoms with Crippen molar-refractivity contribution in [1.29, 1.82) is 0 Å². The number of halogens is 1. The fourth-order valence-corrected chi connectivity index (χ4v) is 7.87. The molecule has 4 aliphatic carbocycles. The smallest absolute Gasteiger partial charge is 0.270 e. The van der Waals surface area contributed by atoms with Gasteiger partial charge in [0.15, 0.2) is 6.61 Å². The molecule has 2 heterocycles. The molecule has 1 aliphatic heterocycles. The van der Waals surface area contributed by atoms with E-state index in [9.17, 15) is 14.7 Å². The van der Waals surface area contributed by atoms with E-state index in [1.165, 1.54) is 0 Å². The highest BCUT2D eigenvalue weighted by Crippen LogP contribution is 2.55.